The zero-order valence-electron chi connectivity index (χ0n) is 18.4. The highest BCUT2D eigenvalue weighted by Crippen LogP contribution is 2.23. The van der Waals surface area contributed by atoms with Crippen molar-refractivity contribution < 1.29 is 33.4 Å². The van der Waals surface area contributed by atoms with Gasteiger partial charge in [0.05, 0.1) is 43.1 Å². The molecule has 1 aromatic rings. The molecule has 0 spiro atoms. The number of nitrogens with zero attached hydrogens (tertiary/aromatic N) is 2. The minimum absolute atomic E-state index is 0.0278. The molecular weight excluding hydrogens is 434 g/mol. The molecule has 1 aliphatic heterocycles. The van der Waals surface area contributed by atoms with Gasteiger partial charge < -0.3 is 25.4 Å². The van der Waals surface area contributed by atoms with Gasteiger partial charge in [0.1, 0.15) is 0 Å². The summed E-state index contributed by atoms with van der Waals surface area (Å²) in [6.07, 6.45) is 1.86. The first kappa shape index (κ1) is 23.8. The zero-order chi connectivity index (χ0) is 24.1. The normalized spacial score (nSPS) is 22.5. The van der Waals surface area contributed by atoms with Crippen LogP contribution in [-0.2, 0) is 19.1 Å². The van der Waals surface area contributed by atoms with E-state index in [-0.39, 0.29) is 41.0 Å². The molecule has 1 aromatic carbocycles. The molecule has 4 atom stereocenters. The zero-order valence-corrected chi connectivity index (χ0v) is 18.4. The van der Waals surface area contributed by atoms with E-state index in [1.165, 1.54) is 39.3 Å². The monoisotopic (exact) mass is 459 g/mol. The molecule has 33 heavy (non-hydrogen) atoms. The summed E-state index contributed by atoms with van der Waals surface area (Å²) < 4.78 is 9.34. The van der Waals surface area contributed by atoms with Crippen molar-refractivity contribution >= 4 is 35.3 Å². The van der Waals surface area contributed by atoms with E-state index in [9.17, 15) is 24.0 Å². The van der Waals surface area contributed by atoms with Crippen molar-refractivity contribution in [3.8, 4) is 0 Å². The molecule has 4 unspecified atom stereocenters. The number of benzene rings is 1. The molecule has 0 bridgehead atoms. The summed E-state index contributed by atoms with van der Waals surface area (Å²) in [7, 11) is 2.37. The van der Waals surface area contributed by atoms with Crippen molar-refractivity contribution in [1.29, 1.82) is 0 Å². The lowest BCUT2D eigenvalue weighted by Gasteiger charge is -2.31. The van der Waals surface area contributed by atoms with Crippen molar-refractivity contribution in [1.82, 2.24) is 16.0 Å². The second kappa shape index (κ2) is 10.2. The van der Waals surface area contributed by atoms with E-state index < -0.39 is 29.7 Å². The minimum Gasteiger partial charge on any atom is -0.465 e. The Morgan fingerprint density at radius 2 is 1.61 bits per heavy atom. The number of Topliss-reactive ketones (excluding diaryl/α,β-unsaturated/α-hetero) is 1. The molecule has 0 aromatic heterocycles. The number of hydrogen-bond donors (Lipinski definition) is 3. The molecule has 3 rings (SSSR count). The van der Waals surface area contributed by atoms with Crippen molar-refractivity contribution in [3.05, 3.63) is 29.3 Å². The number of fused-ring (bicyclic) bond motifs is 1. The van der Waals surface area contributed by atoms with Crippen LogP contribution in [0.15, 0.2) is 28.4 Å². The van der Waals surface area contributed by atoms with Crippen molar-refractivity contribution in [2.75, 3.05) is 14.2 Å². The minimum atomic E-state index is -1.41. The first-order chi connectivity index (χ1) is 15.7. The van der Waals surface area contributed by atoms with Gasteiger partial charge in [-0.1, -0.05) is 0 Å². The highest BCUT2D eigenvalue weighted by molar-refractivity contribution is 6.04. The predicted octanol–water partition coefficient (Wildman–Crippen LogP) is 1.02. The van der Waals surface area contributed by atoms with Crippen LogP contribution in [0.2, 0.25) is 0 Å². The van der Waals surface area contributed by atoms with Gasteiger partial charge >= 0.3 is 18.0 Å². The van der Waals surface area contributed by atoms with Crippen LogP contribution in [0.1, 0.15) is 46.9 Å². The Morgan fingerprint density at radius 3 is 2.18 bits per heavy atom. The first-order valence-corrected chi connectivity index (χ1v) is 10.3. The quantitative estimate of drug-likeness (QED) is 0.311. The summed E-state index contributed by atoms with van der Waals surface area (Å²) in [6.45, 7) is 1.21. The van der Waals surface area contributed by atoms with Gasteiger partial charge in [0.2, 0.25) is 6.04 Å². The summed E-state index contributed by atoms with van der Waals surface area (Å²) >= 11 is 0. The average Bonchev–Trinajstić information content (AvgIpc) is 3.16. The standard InChI is InChI=1S/C21H25N5O7/c1-10(27)17(18(28)22-13-4-5-15-16(9-13)24-21(31)23-15)26-25-14-7-11(19(29)32-2)6-12(8-14)20(30)33-3/h6-8,13,15-17H,4-5,9H2,1-3H3,(H,22,28)(H2,23,24,31). The number of nitrogens with one attached hydrogen (secondary N) is 3. The smallest absolute Gasteiger partial charge is 0.337 e. The number of ether oxygens (including phenoxy) is 2. The van der Waals surface area contributed by atoms with Gasteiger partial charge in [-0.05, 0) is 44.4 Å². The van der Waals surface area contributed by atoms with Crippen LogP contribution in [0.5, 0.6) is 0 Å². The van der Waals surface area contributed by atoms with Crippen LogP contribution in [-0.4, -0.2) is 68.0 Å². The van der Waals surface area contributed by atoms with Gasteiger partial charge in [-0.3, -0.25) is 9.59 Å². The lowest BCUT2D eigenvalue weighted by molar-refractivity contribution is -0.129. The summed E-state index contributed by atoms with van der Waals surface area (Å²) in [5.41, 5.74) is 0.127. The molecule has 1 saturated heterocycles. The molecule has 1 heterocycles. The van der Waals surface area contributed by atoms with E-state index in [0.29, 0.717) is 19.3 Å². The Bertz CT molecular complexity index is 974. The number of hydrogen-bond acceptors (Lipinski definition) is 9. The highest BCUT2D eigenvalue weighted by atomic mass is 16.5. The van der Waals surface area contributed by atoms with Crippen LogP contribution in [0.25, 0.3) is 0 Å². The molecule has 12 heteroatoms. The van der Waals surface area contributed by atoms with E-state index in [1.54, 1.807) is 0 Å². The Kier molecular flexibility index (Phi) is 7.36. The molecule has 3 N–H and O–H groups in total. The van der Waals surface area contributed by atoms with Crippen LogP contribution >= 0.6 is 0 Å². The van der Waals surface area contributed by atoms with Gasteiger partial charge in [-0.25, -0.2) is 14.4 Å². The van der Waals surface area contributed by atoms with Crippen LogP contribution < -0.4 is 16.0 Å². The van der Waals surface area contributed by atoms with Gasteiger partial charge in [0, 0.05) is 6.04 Å². The SMILES string of the molecule is COC(=O)c1cc(N=NC(C(C)=O)C(=O)NC2CCC3NC(=O)NC3C2)cc(C(=O)OC)c1. The van der Waals surface area contributed by atoms with E-state index in [1.807, 2.05) is 0 Å². The summed E-state index contributed by atoms with van der Waals surface area (Å²) in [5.74, 6) is -2.56. The second-order valence-corrected chi connectivity index (χ2v) is 7.83. The number of amides is 3. The third-order valence-electron chi connectivity index (χ3n) is 5.51. The van der Waals surface area contributed by atoms with Crippen molar-refractivity contribution in [2.24, 2.45) is 10.2 Å². The summed E-state index contributed by atoms with van der Waals surface area (Å²) in [6, 6.07) is 1.97. The van der Waals surface area contributed by atoms with E-state index in [4.69, 9.17) is 0 Å². The van der Waals surface area contributed by atoms with Gasteiger partial charge in [0.25, 0.3) is 5.91 Å². The maximum Gasteiger partial charge on any atom is 0.337 e. The maximum absolute atomic E-state index is 12.7. The number of methoxy groups -OCH3 is 2. The Hall–Kier alpha value is -3.83. The number of azo groups is 1. The Balaban J connectivity index is 1.75. The molecule has 1 saturated carbocycles. The summed E-state index contributed by atoms with van der Waals surface area (Å²) in [5, 5.41) is 16.2. The number of carbonyl (C=O) groups excluding carboxylic acids is 5. The van der Waals surface area contributed by atoms with Crippen LogP contribution in [0, 0.1) is 0 Å². The van der Waals surface area contributed by atoms with Crippen LogP contribution in [0.3, 0.4) is 0 Å². The number of ketones is 1. The molecule has 176 valence electrons. The van der Waals surface area contributed by atoms with Crippen LogP contribution in [0.4, 0.5) is 10.5 Å². The molecule has 2 aliphatic rings. The van der Waals surface area contributed by atoms with Crippen molar-refractivity contribution in [2.45, 2.75) is 50.4 Å². The number of rotatable bonds is 7. The number of esters is 2. The number of carbonyl (C=O) groups is 5. The lowest BCUT2D eigenvalue weighted by atomic mass is 9.87. The van der Waals surface area contributed by atoms with E-state index >= 15 is 0 Å². The lowest BCUT2D eigenvalue weighted by Crippen LogP contribution is -2.50. The van der Waals surface area contributed by atoms with Crippen molar-refractivity contribution in [3.63, 3.8) is 0 Å². The molecule has 1 aliphatic carbocycles. The Labute approximate surface area is 189 Å². The summed E-state index contributed by atoms with van der Waals surface area (Å²) in [4.78, 5) is 60.1. The third kappa shape index (κ3) is 5.70. The second-order valence-electron chi connectivity index (χ2n) is 7.83. The topological polar surface area (TPSA) is 165 Å². The highest BCUT2D eigenvalue weighted by Gasteiger charge is 2.38. The number of urea groups is 1. The fourth-order valence-electron chi connectivity index (χ4n) is 3.88. The third-order valence-corrected chi connectivity index (χ3v) is 5.51. The molecule has 0 radical (unpaired) electrons. The first-order valence-electron chi connectivity index (χ1n) is 10.3. The molecule has 2 fully saturated rings. The molecular formula is C21H25N5O7. The Morgan fingerprint density at radius 1 is 1.00 bits per heavy atom. The van der Waals surface area contributed by atoms with Gasteiger partial charge in [0.15, 0.2) is 5.78 Å². The largest absolute Gasteiger partial charge is 0.465 e. The fourth-order valence-corrected chi connectivity index (χ4v) is 3.88. The maximum atomic E-state index is 12.7. The van der Waals surface area contributed by atoms with Gasteiger partial charge in [-0.2, -0.15) is 10.2 Å². The average molecular weight is 459 g/mol. The van der Waals surface area contributed by atoms with Gasteiger partial charge in [-0.15, -0.1) is 0 Å². The predicted molar refractivity (Wildman–Crippen MR) is 113 cm³/mol. The van der Waals surface area contributed by atoms with E-state index in [0.717, 1.165) is 0 Å². The fraction of sp³-hybridized carbons (Fsp3) is 0.476. The molecule has 3 amide bonds. The molecule has 12 nitrogen and oxygen atoms in total. The van der Waals surface area contributed by atoms with E-state index in [2.05, 4.69) is 35.7 Å².